The van der Waals surface area contributed by atoms with Crippen LogP contribution in [0.3, 0.4) is 0 Å². The van der Waals surface area contributed by atoms with Crippen molar-refractivity contribution in [3.63, 3.8) is 0 Å². The summed E-state index contributed by atoms with van der Waals surface area (Å²) in [6.45, 7) is 3.79. The lowest BCUT2D eigenvalue weighted by atomic mass is 9.80. The summed E-state index contributed by atoms with van der Waals surface area (Å²) in [6, 6.07) is 8.05. The SMILES string of the molecule is CN1CC[C@H](c2ccc(Cl)cc2)C(C(=O)N2CCCC2)C1. The molecule has 2 saturated heterocycles. The third-order valence-corrected chi connectivity index (χ3v) is 5.10. The van der Waals surface area contributed by atoms with Crippen LogP contribution < -0.4 is 0 Å². The zero-order valence-corrected chi connectivity index (χ0v) is 13.4. The van der Waals surface area contributed by atoms with Crippen LogP contribution in [0.15, 0.2) is 24.3 Å². The average molecular weight is 307 g/mol. The second-order valence-electron chi connectivity index (χ2n) is 6.35. The zero-order chi connectivity index (χ0) is 14.8. The van der Waals surface area contributed by atoms with Gasteiger partial charge in [-0.2, -0.15) is 0 Å². The van der Waals surface area contributed by atoms with Gasteiger partial charge in [0.05, 0.1) is 5.92 Å². The van der Waals surface area contributed by atoms with Crippen LogP contribution in [0.25, 0.3) is 0 Å². The lowest BCUT2D eigenvalue weighted by Crippen LogP contribution is -2.46. The molecule has 0 spiro atoms. The van der Waals surface area contributed by atoms with Gasteiger partial charge in [-0.3, -0.25) is 4.79 Å². The van der Waals surface area contributed by atoms with Gasteiger partial charge in [-0.1, -0.05) is 23.7 Å². The van der Waals surface area contributed by atoms with Crippen molar-refractivity contribution in [2.75, 3.05) is 33.2 Å². The minimum absolute atomic E-state index is 0.0861. The van der Waals surface area contributed by atoms with Crippen LogP contribution >= 0.6 is 11.6 Å². The molecule has 0 N–H and O–H groups in total. The van der Waals surface area contributed by atoms with Gasteiger partial charge in [0.25, 0.3) is 0 Å². The normalized spacial score (nSPS) is 27.0. The largest absolute Gasteiger partial charge is 0.342 e. The molecule has 4 heteroatoms. The second kappa shape index (κ2) is 6.37. The Balaban J connectivity index is 1.82. The monoisotopic (exact) mass is 306 g/mol. The molecular weight excluding hydrogens is 284 g/mol. The highest BCUT2D eigenvalue weighted by Crippen LogP contribution is 2.35. The summed E-state index contributed by atoms with van der Waals surface area (Å²) in [5.74, 6) is 0.758. The molecule has 0 bridgehead atoms. The van der Waals surface area contributed by atoms with Crippen molar-refractivity contribution in [2.24, 2.45) is 5.92 Å². The number of nitrogens with zero attached hydrogens (tertiary/aromatic N) is 2. The maximum absolute atomic E-state index is 12.9. The fraction of sp³-hybridized carbons (Fsp3) is 0.588. The smallest absolute Gasteiger partial charge is 0.227 e. The van der Waals surface area contributed by atoms with E-state index in [4.69, 9.17) is 11.6 Å². The molecule has 0 aromatic heterocycles. The Morgan fingerprint density at radius 2 is 1.81 bits per heavy atom. The molecule has 21 heavy (non-hydrogen) atoms. The lowest BCUT2D eigenvalue weighted by Gasteiger charge is -2.38. The van der Waals surface area contributed by atoms with E-state index < -0.39 is 0 Å². The Morgan fingerprint density at radius 3 is 2.48 bits per heavy atom. The van der Waals surface area contributed by atoms with Gasteiger partial charge in [0.2, 0.25) is 5.91 Å². The van der Waals surface area contributed by atoms with Gasteiger partial charge in [-0.05, 0) is 56.5 Å². The maximum atomic E-state index is 12.9. The van der Waals surface area contributed by atoms with Gasteiger partial charge in [0.1, 0.15) is 0 Å². The predicted molar refractivity (Wildman–Crippen MR) is 85.6 cm³/mol. The molecule has 1 amide bonds. The van der Waals surface area contributed by atoms with Crippen LogP contribution in [0.2, 0.25) is 5.02 Å². The third kappa shape index (κ3) is 3.24. The number of hydrogen-bond donors (Lipinski definition) is 0. The third-order valence-electron chi connectivity index (χ3n) is 4.85. The van der Waals surface area contributed by atoms with Crippen molar-refractivity contribution in [3.8, 4) is 0 Å². The summed E-state index contributed by atoms with van der Waals surface area (Å²) in [5, 5.41) is 0.758. The van der Waals surface area contributed by atoms with E-state index >= 15 is 0 Å². The summed E-state index contributed by atoms with van der Waals surface area (Å²) in [5.41, 5.74) is 1.25. The van der Waals surface area contributed by atoms with E-state index in [9.17, 15) is 4.79 Å². The Labute approximate surface area is 131 Å². The van der Waals surface area contributed by atoms with Crippen molar-refractivity contribution in [1.82, 2.24) is 9.80 Å². The highest BCUT2D eigenvalue weighted by Gasteiger charge is 2.37. The Kier molecular flexibility index (Phi) is 4.51. The molecule has 3 rings (SSSR count). The molecule has 114 valence electrons. The molecular formula is C17H23ClN2O. The van der Waals surface area contributed by atoms with Crippen molar-refractivity contribution >= 4 is 17.5 Å². The topological polar surface area (TPSA) is 23.6 Å². The number of likely N-dealkylation sites (tertiary alicyclic amines) is 2. The molecule has 2 heterocycles. The fourth-order valence-electron chi connectivity index (χ4n) is 3.65. The molecule has 2 atom stereocenters. The number of benzene rings is 1. The van der Waals surface area contributed by atoms with E-state index in [1.165, 1.54) is 5.56 Å². The first kappa shape index (κ1) is 14.9. The van der Waals surface area contributed by atoms with E-state index in [1.807, 2.05) is 12.1 Å². The van der Waals surface area contributed by atoms with Crippen LogP contribution in [-0.4, -0.2) is 48.9 Å². The first-order chi connectivity index (χ1) is 10.1. The number of rotatable bonds is 2. The quantitative estimate of drug-likeness (QED) is 0.838. The molecule has 1 unspecified atom stereocenters. The number of carbonyl (C=O) groups is 1. The zero-order valence-electron chi connectivity index (χ0n) is 12.6. The van der Waals surface area contributed by atoms with E-state index in [-0.39, 0.29) is 5.92 Å². The molecule has 2 aliphatic heterocycles. The molecule has 0 radical (unpaired) electrons. The van der Waals surface area contributed by atoms with Gasteiger partial charge in [-0.25, -0.2) is 0 Å². The van der Waals surface area contributed by atoms with E-state index in [2.05, 4.69) is 29.0 Å². The summed E-state index contributed by atoms with van der Waals surface area (Å²) in [7, 11) is 2.11. The summed E-state index contributed by atoms with van der Waals surface area (Å²) < 4.78 is 0. The first-order valence-corrected chi connectivity index (χ1v) is 8.26. The second-order valence-corrected chi connectivity index (χ2v) is 6.78. The molecule has 1 aromatic rings. The Hall–Kier alpha value is -1.06. The number of halogens is 1. The Morgan fingerprint density at radius 1 is 1.14 bits per heavy atom. The highest BCUT2D eigenvalue weighted by atomic mass is 35.5. The minimum atomic E-state index is 0.0861. The number of hydrogen-bond acceptors (Lipinski definition) is 2. The fourth-order valence-corrected chi connectivity index (χ4v) is 3.77. The first-order valence-electron chi connectivity index (χ1n) is 7.88. The molecule has 2 fully saturated rings. The maximum Gasteiger partial charge on any atom is 0.227 e. The van der Waals surface area contributed by atoms with Gasteiger partial charge in [0, 0.05) is 24.7 Å². The van der Waals surface area contributed by atoms with Gasteiger partial charge < -0.3 is 9.80 Å². The van der Waals surface area contributed by atoms with E-state index in [1.54, 1.807) is 0 Å². The minimum Gasteiger partial charge on any atom is -0.342 e. The van der Waals surface area contributed by atoms with Crippen LogP contribution in [0, 0.1) is 5.92 Å². The van der Waals surface area contributed by atoms with Crippen LogP contribution in [0.1, 0.15) is 30.7 Å². The molecule has 3 nitrogen and oxygen atoms in total. The predicted octanol–water partition coefficient (Wildman–Crippen LogP) is 3.00. The molecule has 0 aliphatic carbocycles. The van der Waals surface area contributed by atoms with Crippen LogP contribution in [0.4, 0.5) is 0 Å². The van der Waals surface area contributed by atoms with E-state index in [0.29, 0.717) is 11.8 Å². The summed E-state index contributed by atoms with van der Waals surface area (Å²) >= 11 is 5.99. The van der Waals surface area contributed by atoms with Gasteiger partial charge in [0.15, 0.2) is 0 Å². The van der Waals surface area contributed by atoms with Gasteiger partial charge >= 0.3 is 0 Å². The number of amides is 1. The summed E-state index contributed by atoms with van der Waals surface area (Å²) in [6.07, 6.45) is 3.35. The highest BCUT2D eigenvalue weighted by molar-refractivity contribution is 6.30. The van der Waals surface area contributed by atoms with Crippen LogP contribution in [-0.2, 0) is 4.79 Å². The van der Waals surface area contributed by atoms with Crippen LogP contribution in [0.5, 0.6) is 0 Å². The molecule has 2 aliphatic rings. The average Bonchev–Trinajstić information content (AvgIpc) is 3.02. The van der Waals surface area contributed by atoms with Crippen molar-refractivity contribution in [3.05, 3.63) is 34.9 Å². The molecule has 1 aromatic carbocycles. The lowest BCUT2D eigenvalue weighted by molar-refractivity contribution is -0.136. The van der Waals surface area contributed by atoms with E-state index in [0.717, 1.165) is 50.5 Å². The number of piperidine rings is 1. The molecule has 0 saturated carbocycles. The van der Waals surface area contributed by atoms with Gasteiger partial charge in [-0.15, -0.1) is 0 Å². The van der Waals surface area contributed by atoms with Crippen molar-refractivity contribution in [1.29, 1.82) is 0 Å². The van der Waals surface area contributed by atoms with Crippen molar-refractivity contribution < 1.29 is 4.79 Å². The number of carbonyl (C=O) groups excluding carboxylic acids is 1. The standard InChI is InChI=1S/C17H23ClN2O/c1-19-11-8-15(13-4-6-14(18)7-5-13)16(12-19)17(21)20-9-2-3-10-20/h4-7,15-16H,2-3,8-12H2,1H3/t15-,16?/m1/s1. The summed E-state index contributed by atoms with van der Waals surface area (Å²) in [4.78, 5) is 17.2. The Bertz CT molecular complexity index is 496. The van der Waals surface area contributed by atoms with Crippen molar-refractivity contribution in [2.45, 2.75) is 25.2 Å².